The zero-order valence-corrected chi connectivity index (χ0v) is 14.4. The maximum absolute atomic E-state index is 12.5. The van der Waals surface area contributed by atoms with Crippen molar-refractivity contribution in [3.8, 4) is 11.4 Å². The molecule has 0 bridgehead atoms. The summed E-state index contributed by atoms with van der Waals surface area (Å²) in [5.74, 6) is 0.390. The van der Waals surface area contributed by atoms with Crippen LogP contribution in [0.4, 0.5) is 19.0 Å². The molecule has 1 fully saturated rings. The highest BCUT2D eigenvalue weighted by atomic mass is 19.4. The summed E-state index contributed by atoms with van der Waals surface area (Å²) in [4.78, 5) is 4.57. The van der Waals surface area contributed by atoms with Crippen molar-refractivity contribution in [1.29, 1.82) is 0 Å². The van der Waals surface area contributed by atoms with Gasteiger partial charge in [-0.15, -0.1) is 18.3 Å². The second-order valence-electron chi connectivity index (χ2n) is 6.56. The van der Waals surface area contributed by atoms with Crippen LogP contribution in [0.5, 0.6) is 5.75 Å². The van der Waals surface area contributed by atoms with Gasteiger partial charge in [-0.2, -0.15) is 4.68 Å². The molecule has 142 valence electrons. The summed E-state index contributed by atoms with van der Waals surface area (Å²) in [6, 6.07) is 9.61. The van der Waals surface area contributed by atoms with E-state index in [9.17, 15) is 13.2 Å². The van der Waals surface area contributed by atoms with Crippen LogP contribution in [0.15, 0.2) is 36.4 Å². The van der Waals surface area contributed by atoms with Crippen LogP contribution in [0.1, 0.15) is 32.1 Å². The van der Waals surface area contributed by atoms with Gasteiger partial charge in [0.05, 0.1) is 5.69 Å². The first-order valence-corrected chi connectivity index (χ1v) is 8.83. The van der Waals surface area contributed by atoms with Crippen molar-refractivity contribution in [2.24, 2.45) is 0 Å². The first-order chi connectivity index (χ1) is 13.0. The van der Waals surface area contributed by atoms with E-state index in [0.717, 1.165) is 12.8 Å². The molecule has 0 aliphatic heterocycles. The highest BCUT2D eigenvalue weighted by Gasteiger charge is 2.31. The molecular weight excluding hydrogens is 359 g/mol. The predicted octanol–water partition coefficient (Wildman–Crippen LogP) is 4.46. The number of fused-ring (bicyclic) bond motifs is 1. The van der Waals surface area contributed by atoms with Gasteiger partial charge in [0, 0.05) is 12.1 Å². The van der Waals surface area contributed by atoms with E-state index in [1.54, 1.807) is 12.1 Å². The zero-order chi connectivity index (χ0) is 18.9. The summed E-state index contributed by atoms with van der Waals surface area (Å²) in [6.07, 6.45) is 1.12. The van der Waals surface area contributed by atoms with Gasteiger partial charge in [-0.1, -0.05) is 30.5 Å². The number of pyridine rings is 1. The van der Waals surface area contributed by atoms with E-state index >= 15 is 0 Å². The van der Waals surface area contributed by atoms with Crippen molar-refractivity contribution >= 4 is 17.0 Å². The molecule has 0 spiro atoms. The third-order valence-corrected chi connectivity index (χ3v) is 4.55. The first kappa shape index (κ1) is 17.6. The number of alkyl halides is 3. The molecule has 0 atom stereocenters. The Kier molecular flexibility index (Phi) is 4.59. The van der Waals surface area contributed by atoms with Crippen molar-refractivity contribution in [3.05, 3.63) is 36.4 Å². The molecule has 1 N–H and O–H groups in total. The number of anilines is 1. The van der Waals surface area contributed by atoms with Gasteiger partial charge < -0.3 is 10.1 Å². The fourth-order valence-electron chi connectivity index (χ4n) is 3.33. The lowest BCUT2D eigenvalue weighted by molar-refractivity contribution is -0.274. The third kappa shape index (κ3) is 4.12. The molecule has 1 saturated carbocycles. The number of nitrogens with one attached hydrogen (secondary N) is 1. The van der Waals surface area contributed by atoms with Crippen LogP contribution in [-0.4, -0.2) is 32.4 Å². The van der Waals surface area contributed by atoms with Gasteiger partial charge in [-0.05, 0) is 37.1 Å². The number of hydrogen-bond donors (Lipinski definition) is 1. The smallest absolute Gasteiger partial charge is 0.406 e. The van der Waals surface area contributed by atoms with Gasteiger partial charge >= 0.3 is 6.36 Å². The molecular formula is C18H18F3N5O. The summed E-state index contributed by atoms with van der Waals surface area (Å²) in [6.45, 7) is 0. The Labute approximate surface area is 153 Å². The third-order valence-electron chi connectivity index (χ3n) is 4.55. The number of benzene rings is 1. The van der Waals surface area contributed by atoms with E-state index in [1.807, 2.05) is 6.07 Å². The molecule has 6 nitrogen and oxygen atoms in total. The van der Waals surface area contributed by atoms with Gasteiger partial charge in [-0.25, -0.2) is 4.98 Å². The van der Waals surface area contributed by atoms with Gasteiger partial charge in [-0.3, -0.25) is 0 Å². The minimum Gasteiger partial charge on any atom is -0.406 e. The minimum atomic E-state index is -4.75. The maximum atomic E-state index is 12.5. The van der Waals surface area contributed by atoms with Crippen LogP contribution in [-0.2, 0) is 0 Å². The Bertz CT molecular complexity index is 934. The summed E-state index contributed by atoms with van der Waals surface area (Å²) < 4.78 is 42.8. The average Bonchev–Trinajstić information content (AvgIpc) is 3.05. The molecule has 1 aliphatic rings. The van der Waals surface area contributed by atoms with E-state index < -0.39 is 6.36 Å². The predicted molar refractivity (Wildman–Crippen MR) is 93.8 cm³/mol. The molecule has 2 aromatic heterocycles. The van der Waals surface area contributed by atoms with E-state index in [-0.39, 0.29) is 5.75 Å². The fraction of sp³-hybridized carbons (Fsp3) is 0.389. The lowest BCUT2D eigenvalue weighted by Crippen LogP contribution is -2.22. The molecule has 2 heterocycles. The Balaban J connectivity index is 1.64. The van der Waals surface area contributed by atoms with E-state index in [2.05, 4.69) is 25.3 Å². The fourth-order valence-corrected chi connectivity index (χ4v) is 3.33. The lowest BCUT2D eigenvalue weighted by Gasteiger charge is -2.23. The van der Waals surface area contributed by atoms with Crippen molar-refractivity contribution in [2.75, 3.05) is 5.32 Å². The Morgan fingerprint density at radius 2 is 1.89 bits per heavy atom. The van der Waals surface area contributed by atoms with Crippen LogP contribution in [0.2, 0.25) is 0 Å². The molecule has 0 unspecified atom stereocenters. The van der Waals surface area contributed by atoms with Crippen molar-refractivity contribution < 1.29 is 17.9 Å². The van der Waals surface area contributed by atoms with E-state index in [1.165, 1.54) is 42.1 Å². The molecule has 0 saturated heterocycles. The minimum absolute atomic E-state index is 0.319. The molecule has 1 aliphatic carbocycles. The van der Waals surface area contributed by atoms with Crippen molar-refractivity contribution in [3.63, 3.8) is 0 Å². The molecule has 1 aromatic carbocycles. The van der Waals surface area contributed by atoms with Crippen molar-refractivity contribution in [2.45, 2.75) is 44.5 Å². The number of halogens is 3. The van der Waals surface area contributed by atoms with E-state index in [4.69, 9.17) is 0 Å². The Hall–Kier alpha value is -2.84. The van der Waals surface area contributed by atoms with Gasteiger partial charge in [0.1, 0.15) is 17.1 Å². The van der Waals surface area contributed by atoms with Crippen LogP contribution in [0.3, 0.4) is 0 Å². The average molecular weight is 377 g/mol. The second-order valence-corrected chi connectivity index (χ2v) is 6.56. The van der Waals surface area contributed by atoms with Gasteiger partial charge in [0.25, 0.3) is 0 Å². The molecule has 27 heavy (non-hydrogen) atoms. The Morgan fingerprint density at radius 3 is 2.67 bits per heavy atom. The quantitative estimate of drug-likeness (QED) is 0.727. The highest BCUT2D eigenvalue weighted by molar-refractivity contribution is 5.74. The molecule has 9 heteroatoms. The van der Waals surface area contributed by atoms with Gasteiger partial charge in [0.2, 0.25) is 0 Å². The van der Waals surface area contributed by atoms with Gasteiger partial charge in [0.15, 0.2) is 5.65 Å². The van der Waals surface area contributed by atoms with E-state index in [0.29, 0.717) is 28.7 Å². The van der Waals surface area contributed by atoms with Crippen molar-refractivity contribution in [1.82, 2.24) is 20.0 Å². The number of aromatic nitrogens is 4. The summed E-state index contributed by atoms with van der Waals surface area (Å²) in [5.41, 5.74) is 1.42. The molecule has 0 radical (unpaired) electrons. The molecule has 0 amide bonds. The normalized spacial score (nSPS) is 15.8. The summed E-state index contributed by atoms with van der Waals surface area (Å²) in [5, 5.41) is 11.5. The second kappa shape index (κ2) is 7.05. The number of hydrogen-bond acceptors (Lipinski definition) is 5. The maximum Gasteiger partial charge on any atom is 0.573 e. The summed E-state index contributed by atoms with van der Waals surface area (Å²) >= 11 is 0. The number of nitrogens with zero attached hydrogens (tertiary/aromatic N) is 4. The first-order valence-electron chi connectivity index (χ1n) is 8.83. The zero-order valence-electron chi connectivity index (χ0n) is 14.4. The van der Waals surface area contributed by atoms with Crippen LogP contribution < -0.4 is 10.1 Å². The standard InChI is InChI=1S/C18H18F3N5O/c19-18(20,21)27-14-8-4-7-13(11-14)26-17-15(24-25-26)9-10-16(23-17)22-12-5-2-1-3-6-12/h4,7-12H,1-3,5-6H2,(H,22,23). The van der Waals surface area contributed by atoms with Crippen LogP contribution in [0.25, 0.3) is 16.9 Å². The summed E-state index contributed by atoms with van der Waals surface area (Å²) in [7, 11) is 0. The van der Waals surface area contributed by atoms with Crippen LogP contribution >= 0.6 is 0 Å². The van der Waals surface area contributed by atoms with Crippen LogP contribution in [0, 0.1) is 0 Å². The number of ether oxygens (including phenoxy) is 1. The Morgan fingerprint density at radius 1 is 1.07 bits per heavy atom. The monoisotopic (exact) mass is 377 g/mol. The SMILES string of the molecule is FC(F)(F)Oc1cccc(-n2nnc3ccc(NC4CCCCC4)nc32)c1. The topological polar surface area (TPSA) is 64.9 Å². The largest absolute Gasteiger partial charge is 0.573 e. The molecule has 4 rings (SSSR count). The molecule has 3 aromatic rings. The highest BCUT2D eigenvalue weighted by Crippen LogP contribution is 2.26. The number of rotatable bonds is 4. The lowest BCUT2D eigenvalue weighted by atomic mass is 9.95.